The van der Waals surface area contributed by atoms with Crippen LogP contribution in [0.1, 0.15) is 21.5 Å². The maximum atomic E-state index is 14.6. The Hall–Kier alpha value is -4.22. The van der Waals surface area contributed by atoms with E-state index in [9.17, 15) is 14.0 Å². The van der Waals surface area contributed by atoms with E-state index >= 15 is 0 Å². The molecule has 3 amide bonds. The van der Waals surface area contributed by atoms with E-state index in [0.29, 0.717) is 16.1 Å². The van der Waals surface area contributed by atoms with Gasteiger partial charge in [0.05, 0.1) is 16.9 Å². The Bertz CT molecular complexity index is 1250. The smallest absolute Gasteiger partial charge is 0.304 e. The van der Waals surface area contributed by atoms with Crippen molar-refractivity contribution in [1.82, 2.24) is 9.99 Å². The van der Waals surface area contributed by atoms with E-state index in [1.54, 1.807) is 37.3 Å². The molecule has 3 rings (SSSR count). The van der Waals surface area contributed by atoms with E-state index in [-0.39, 0.29) is 17.1 Å². The van der Waals surface area contributed by atoms with Crippen molar-refractivity contribution < 1.29 is 14.0 Å². The summed E-state index contributed by atoms with van der Waals surface area (Å²) in [5.74, 6) is 1.05. The third-order valence-electron chi connectivity index (χ3n) is 4.30. The molecule has 1 N–H and O–H groups in total. The van der Waals surface area contributed by atoms with Crippen LogP contribution in [0.5, 0.6) is 0 Å². The third-order valence-corrected chi connectivity index (χ3v) is 4.52. The van der Waals surface area contributed by atoms with Crippen molar-refractivity contribution in [2.75, 3.05) is 24.3 Å². The summed E-state index contributed by atoms with van der Waals surface area (Å²) in [5.41, 5.74) is 1.00. The van der Waals surface area contributed by atoms with E-state index in [1.165, 1.54) is 48.8 Å². The van der Waals surface area contributed by atoms with Gasteiger partial charge in [-0.1, -0.05) is 29.7 Å². The molecule has 1 aromatic heterocycles. The van der Waals surface area contributed by atoms with Gasteiger partial charge < -0.3 is 10.3 Å². The highest BCUT2D eigenvalue weighted by Gasteiger charge is 2.27. The van der Waals surface area contributed by atoms with Crippen LogP contribution < -0.4 is 10.2 Å². The summed E-state index contributed by atoms with van der Waals surface area (Å²) in [4.78, 5) is 31.2. The fourth-order valence-electron chi connectivity index (χ4n) is 2.74. The predicted molar refractivity (Wildman–Crippen MR) is 127 cm³/mol. The van der Waals surface area contributed by atoms with Gasteiger partial charge in [-0.2, -0.15) is 5.10 Å². The number of anilines is 2. The van der Waals surface area contributed by atoms with Crippen molar-refractivity contribution >= 4 is 41.3 Å². The molecule has 0 unspecified atom stereocenters. The Morgan fingerprint density at radius 2 is 1.97 bits per heavy atom. The number of pyridine rings is 1. The van der Waals surface area contributed by atoms with Gasteiger partial charge in [-0.05, 0) is 48.0 Å². The van der Waals surface area contributed by atoms with E-state index in [0.717, 1.165) is 4.90 Å². The molecular formula is C24H19ClFN5O2. The number of amides is 3. The molecule has 0 bridgehead atoms. The normalized spacial score (nSPS) is 10.5. The van der Waals surface area contributed by atoms with Crippen LogP contribution in [-0.2, 0) is 0 Å². The van der Waals surface area contributed by atoms with Crippen molar-refractivity contribution in [1.29, 1.82) is 0 Å². The maximum absolute atomic E-state index is 14.6. The van der Waals surface area contributed by atoms with Crippen molar-refractivity contribution in [3.05, 3.63) is 88.3 Å². The average molecular weight is 464 g/mol. The Labute approximate surface area is 195 Å². The SMILES string of the molecule is C#Cc1cccc(C(=O)N(C(=O)Nc2ccc(C=NN(C)C)cc2F)c2ccc(Cl)cn2)c1. The van der Waals surface area contributed by atoms with E-state index in [1.807, 2.05) is 0 Å². The minimum atomic E-state index is -0.908. The lowest BCUT2D eigenvalue weighted by atomic mass is 10.1. The molecule has 0 atom stereocenters. The first kappa shape index (κ1) is 23.4. The van der Waals surface area contributed by atoms with Crippen LogP contribution in [0.4, 0.5) is 20.7 Å². The minimum Gasteiger partial charge on any atom is -0.304 e. The van der Waals surface area contributed by atoms with E-state index in [4.69, 9.17) is 18.0 Å². The molecule has 0 spiro atoms. The topological polar surface area (TPSA) is 77.9 Å². The first-order chi connectivity index (χ1) is 15.8. The van der Waals surface area contributed by atoms with Gasteiger partial charge in [-0.25, -0.2) is 19.1 Å². The van der Waals surface area contributed by atoms with Crippen LogP contribution in [0.3, 0.4) is 0 Å². The van der Waals surface area contributed by atoms with Crippen molar-refractivity contribution in [2.24, 2.45) is 5.10 Å². The number of carbonyl (C=O) groups excluding carboxylic acids is 2. The Morgan fingerprint density at radius 1 is 1.18 bits per heavy atom. The first-order valence-corrected chi connectivity index (χ1v) is 10.0. The second kappa shape index (κ2) is 10.4. The zero-order valence-electron chi connectivity index (χ0n) is 17.8. The quantitative estimate of drug-likeness (QED) is 0.340. The summed E-state index contributed by atoms with van der Waals surface area (Å²) in [6, 6.07) is 12.4. The summed E-state index contributed by atoms with van der Waals surface area (Å²) in [5, 5.41) is 8.34. The number of hydrazone groups is 1. The van der Waals surface area contributed by atoms with Crippen molar-refractivity contribution in [3.63, 3.8) is 0 Å². The van der Waals surface area contributed by atoms with Gasteiger partial charge in [-0.15, -0.1) is 6.42 Å². The molecule has 7 nitrogen and oxygen atoms in total. The molecule has 0 fully saturated rings. The van der Waals surface area contributed by atoms with Crippen LogP contribution in [0.15, 0.2) is 65.9 Å². The summed E-state index contributed by atoms with van der Waals surface area (Å²) in [7, 11) is 3.47. The van der Waals surface area contributed by atoms with Crippen LogP contribution in [0, 0.1) is 18.2 Å². The number of carbonyl (C=O) groups is 2. The van der Waals surface area contributed by atoms with Gasteiger partial charge in [0, 0.05) is 31.4 Å². The van der Waals surface area contributed by atoms with Crippen LogP contribution >= 0.6 is 11.6 Å². The first-order valence-electron chi connectivity index (χ1n) is 9.63. The molecular weight excluding hydrogens is 445 g/mol. The third kappa shape index (κ3) is 5.93. The number of urea groups is 1. The molecule has 0 aliphatic heterocycles. The van der Waals surface area contributed by atoms with Gasteiger partial charge in [0.1, 0.15) is 11.6 Å². The molecule has 9 heteroatoms. The highest BCUT2D eigenvalue weighted by Crippen LogP contribution is 2.21. The standard InChI is InChI=1S/C24H19ClFN5O2/c1-4-16-6-5-7-18(12-16)23(32)31(22-11-9-19(25)15-27-22)24(33)29-21-10-8-17(13-20(21)26)14-28-30(2)3/h1,5-15H,2-3H3,(H,29,33). The predicted octanol–water partition coefficient (Wildman–Crippen LogP) is 4.63. The number of terminal acetylenes is 1. The number of hydrogen-bond acceptors (Lipinski definition) is 5. The van der Waals surface area contributed by atoms with Gasteiger partial charge in [0.15, 0.2) is 0 Å². The molecule has 33 heavy (non-hydrogen) atoms. The second-order valence-corrected chi connectivity index (χ2v) is 7.40. The van der Waals surface area contributed by atoms with Crippen LogP contribution in [0.2, 0.25) is 5.02 Å². The average Bonchev–Trinajstić information content (AvgIpc) is 2.80. The van der Waals surface area contributed by atoms with E-state index < -0.39 is 17.8 Å². The zero-order valence-corrected chi connectivity index (χ0v) is 18.5. The second-order valence-electron chi connectivity index (χ2n) is 6.96. The van der Waals surface area contributed by atoms with Gasteiger partial charge >= 0.3 is 6.03 Å². The summed E-state index contributed by atoms with van der Waals surface area (Å²) < 4.78 is 14.6. The molecule has 0 aliphatic carbocycles. The zero-order chi connectivity index (χ0) is 24.0. The number of rotatable bonds is 5. The Morgan fingerprint density at radius 3 is 2.61 bits per heavy atom. The largest absolute Gasteiger partial charge is 0.334 e. The lowest BCUT2D eigenvalue weighted by molar-refractivity contribution is 0.0995. The number of benzene rings is 2. The van der Waals surface area contributed by atoms with Crippen molar-refractivity contribution in [2.45, 2.75) is 0 Å². The van der Waals surface area contributed by atoms with E-state index in [2.05, 4.69) is 21.3 Å². The molecule has 3 aromatic rings. The fraction of sp³-hybridized carbons (Fsp3) is 0.0833. The van der Waals surface area contributed by atoms with Gasteiger partial charge in [0.25, 0.3) is 5.91 Å². The minimum absolute atomic E-state index is 0.00292. The van der Waals surface area contributed by atoms with Gasteiger partial charge in [0.2, 0.25) is 0 Å². The summed E-state index contributed by atoms with van der Waals surface area (Å²) >= 11 is 5.89. The van der Waals surface area contributed by atoms with Crippen LogP contribution in [0.25, 0.3) is 0 Å². The Balaban J connectivity index is 1.94. The van der Waals surface area contributed by atoms with Crippen LogP contribution in [-0.4, -0.2) is 42.2 Å². The Kier molecular flexibility index (Phi) is 7.38. The van der Waals surface area contributed by atoms with Crippen molar-refractivity contribution in [3.8, 4) is 12.3 Å². The number of halogens is 2. The summed E-state index contributed by atoms with van der Waals surface area (Å²) in [6.07, 6.45) is 8.18. The molecule has 0 saturated carbocycles. The lowest BCUT2D eigenvalue weighted by Gasteiger charge is -2.21. The fourth-order valence-corrected chi connectivity index (χ4v) is 2.85. The molecule has 0 saturated heterocycles. The maximum Gasteiger partial charge on any atom is 0.334 e. The molecule has 1 heterocycles. The molecule has 166 valence electrons. The highest BCUT2D eigenvalue weighted by molar-refractivity contribution is 6.30. The number of nitrogens with zero attached hydrogens (tertiary/aromatic N) is 4. The number of imide groups is 1. The summed E-state index contributed by atoms with van der Waals surface area (Å²) in [6.45, 7) is 0. The molecule has 0 aliphatic rings. The lowest BCUT2D eigenvalue weighted by Crippen LogP contribution is -2.41. The number of nitrogens with one attached hydrogen (secondary N) is 1. The number of aromatic nitrogens is 1. The number of hydrogen-bond donors (Lipinski definition) is 1. The van der Waals surface area contributed by atoms with Gasteiger partial charge in [-0.3, -0.25) is 4.79 Å². The monoisotopic (exact) mass is 463 g/mol. The molecule has 0 radical (unpaired) electrons. The molecule has 2 aromatic carbocycles. The highest BCUT2D eigenvalue weighted by atomic mass is 35.5.